The van der Waals surface area contributed by atoms with Crippen LogP contribution in [0.25, 0.3) is 26.9 Å². The fraction of sp³-hybridized carbons (Fsp3) is 0.0625. The topological polar surface area (TPSA) is 43.1 Å². The molecule has 4 rings (SSSR count). The van der Waals surface area contributed by atoms with Crippen LogP contribution in [-0.2, 0) is 0 Å². The van der Waals surface area contributed by atoms with Gasteiger partial charge in [-0.3, -0.25) is 0 Å². The van der Waals surface area contributed by atoms with Crippen molar-refractivity contribution in [1.29, 1.82) is 0 Å². The minimum absolute atomic E-state index is 0.785. The summed E-state index contributed by atoms with van der Waals surface area (Å²) >= 11 is 4.99. The van der Waals surface area contributed by atoms with Gasteiger partial charge in [-0.15, -0.1) is 10.2 Å². The van der Waals surface area contributed by atoms with E-state index in [-0.39, 0.29) is 0 Å². The van der Waals surface area contributed by atoms with Gasteiger partial charge in [0.25, 0.3) is 0 Å². The van der Waals surface area contributed by atoms with Crippen LogP contribution in [0.15, 0.2) is 53.0 Å². The van der Waals surface area contributed by atoms with Gasteiger partial charge in [-0.05, 0) is 24.6 Å². The van der Waals surface area contributed by atoms with E-state index in [0.29, 0.717) is 0 Å². The molecule has 0 aliphatic rings. The van der Waals surface area contributed by atoms with Crippen LogP contribution >= 0.6 is 27.3 Å². The lowest BCUT2D eigenvalue weighted by atomic mass is 10.1. The minimum atomic E-state index is 0.785. The second kappa shape index (κ2) is 5.30. The van der Waals surface area contributed by atoms with Crippen LogP contribution in [0.1, 0.15) is 5.56 Å². The van der Waals surface area contributed by atoms with E-state index in [2.05, 4.69) is 44.2 Å². The number of benzene rings is 2. The fourth-order valence-corrected chi connectivity index (χ4v) is 3.43. The van der Waals surface area contributed by atoms with Crippen LogP contribution in [0.2, 0.25) is 0 Å². The molecule has 0 N–H and O–H groups in total. The van der Waals surface area contributed by atoms with E-state index in [1.165, 1.54) is 0 Å². The third-order valence-electron chi connectivity index (χ3n) is 3.47. The molecule has 0 saturated heterocycles. The third kappa shape index (κ3) is 2.24. The van der Waals surface area contributed by atoms with Crippen LogP contribution in [0.4, 0.5) is 0 Å². The highest BCUT2D eigenvalue weighted by Gasteiger charge is 2.15. The number of aryl methyl sites for hydroxylation is 1. The Morgan fingerprint density at radius 2 is 1.77 bits per heavy atom. The molecular weight excluding hydrogens is 360 g/mol. The lowest BCUT2D eigenvalue weighted by Gasteiger charge is -2.01. The highest BCUT2D eigenvalue weighted by Crippen LogP contribution is 2.29. The normalized spacial score (nSPS) is 11.2. The molecule has 0 bridgehead atoms. The third-order valence-corrected chi connectivity index (χ3v) is 4.94. The maximum absolute atomic E-state index is 4.68. The van der Waals surface area contributed by atoms with Crippen molar-refractivity contribution >= 4 is 32.2 Å². The molecule has 4 nitrogen and oxygen atoms in total. The second-order valence-corrected chi connectivity index (χ2v) is 6.82. The van der Waals surface area contributed by atoms with Gasteiger partial charge in [0.1, 0.15) is 5.01 Å². The van der Waals surface area contributed by atoms with Crippen molar-refractivity contribution in [2.75, 3.05) is 0 Å². The maximum atomic E-state index is 4.68. The molecule has 0 aliphatic carbocycles. The summed E-state index contributed by atoms with van der Waals surface area (Å²) in [5.74, 6) is 0.785. The van der Waals surface area contributed by atoms with Gasteiger partial charge in [0, 0.05) is 15.6 Å². The molecule has 0 saturated carbocycles. The number of hydrogen-bond donors (Lipinski definition) is 0. The summed E-state index contributed by atoms with van der Waals surface area (Å²) in [7, 11) is 0. The van der Waals surface area contributed by atoms with E-state index < -0.39 is 0 Å². The van der Waals surface area contributed by atoms with Crippen molar-refractivity contribution in [2.45, 2.75) is 6.92 Å². The van der Waals surface area contributed by atoms with Crippen LogP contribution in [0, 0.1) is 6.92 Å². The molecule has 108 valence electrons. The lowest BCUT2D eigenvalue weighted by molar-refractivity contribution is 0.969. The zero-order valence-corrected chi connectivity index (χ0v) is 14.1. The molecule has 0 fully saturated rings. The molecule has 2 aromatic heterocycles. The van der Waals surface area contributed by atoms with E-state index in [4.69, 9.17) is 0 Å². The Bertz CT molecular complexity index is 956. The summed E-state index contributed by atoms with van der Waals surface area (Å²) in [4.78, 5) is 0.802. The van der Waals surface area contributed by atoms with Crippen LogP contribution < -0.4 is 0 Å². The van der Waals surface area contributed by atoms with E-state index in [0.717, 1.165) is 37.0 Å². The molecule has 0 amide bonds. The van der Waals surface area contributed by atoms with Gasteiger partial charge in [0.05, 0.1) is 0 Å². The zero-order chi connectivity index (χ0) is 15.1. The summed E-state index contributed by atoms with van der Waals surface area (Å²) in [5.41, 5.74) is 3.30. The van der Waals surface area contributed by atoms with Crippen molar-refractivity contribution < 1.29 is 0 Å². The van der Waals surface area contributed by atoms with E-state index in [1.54, 1.807) is 11.3 Å². The van der Waals surface area contributed by atoms with Crippen LogP contribution in [0.3, 0.4) is 0 Å². The number of rotatable bonds is 2. The molecular formula is C16H11BrN4S. The molecule has 6 heteroatoms. The predicted octanol–water partition coefficient (Wildman–Crippen LogP) is 4.59. The van der Waals surface area contributed by atoms with E-state index in [9.17, 15) is 0 Å². The van der Waals surface area contributed by atoms with Gasteiger partial charge in [-0.2, -0.15) is 9.61 Å². The summed E-state index contributed by atoms with van der Waals surface area (Å²) in [5, 5.41) is 14.2. The Hall–Kier alpha value is -2.05. The molecule has 0 aliphatic heterocycles. The lowest BCUT2D eigenvalue weighted by Crippen LogP contribution is -1.92. The molecule has 0 unspecified atom stereocenters. The maximum Gasteiger partial charge on any atom is 0.235 e. The molecule has 22 heavy (non-hydrogen) atoms. The molecule has 2 aromatic carbocycles. The average Bonchev–Trinajstić information content (AvgIpc) is 3.09. The monoisotopic (exact) mass is 370 g/mol. The Labute approximate surface area is 139 Å². The number of hydrogen-bond acceptors (Lipinski definition) is 4. The molecule has 2 heterocycles. The first kappa shape index (κ1) is 13.6. The largest absolute Gasteiger partial charge is 0.235 e. The van der Waals surface area contributed by atoms with Crippen molar-refractivity contribution in [3.63, 3.8) is 0 Å². The second-order valence-electron chi connectivity index (χ2n) is 4.95. The van der Waals surface area contributed by atoms with E-state index in [1.807, 2.05) is 47.0 Å². The van der Waals surface area contributed by atoms with Crippen molar-refractivity contribution in [1.82, 2.24) is 19.8 Å². The smallest absolute Gasteiger partial charge is 0.182 e. The highest BCUT2D eigenvalue weighted by atomic mass is 79.9. The Kier molecular flexibility index (Phi) is 3.28. The van der Waals surface area contributed by atoms with Gasteiger partial charge in [0.15, 0.2) is 5.82 Å². The van der Waals surface area contributed by atoms with Gasteiger partial charge in [0.2, 0.25) is 4.96 Å². The Morgan fingerprint density at radius 3 is 2.55 bits per heavy atom. The minimum Gasteiger partial charge on any atom is -0.182 e. The predicted molar refractivity (Wildman–Crippen MR) is 92.0 cm³/mol. The summed E-state index contributed by atoms with van der Waals surface area (Å²) in [6, 6.07) is 16.3. The molecule has 0 spiro atoms. The Balaban J connectivity index is 1.86. The number of halogens is 1. The Morgan fingerprint density at radius 1 is 1.00 bits per heavy atom. The summed E-state index contributed by atoms with van der Waals surface area (Å²) in [6.07, 6.45) is 0. The zero-order valence-electron chi connectivity index (χ0n) is 11.7. The van der Waals surface area contributed by atoms with Crippen molar-refractivity contribution in [3.05, 3.63) is 58.6 Å². The average molecular weight is 371 g/mol. The first-order valence-corrected chi connectivity index (χ1v) is 8.37. The highest BCUT2D eigenvalue weighted by molar-refractivity contribution is 9.10. The number of nitrogens with zero attached hydrogens (tertiary/aromatic N) is 4. The van der Waals surface area contributed by atoms with Gasteiger partial charge < -0.3 is 0 Å². The first-order valence-electron chi connectivity index (χ1n) is 6.76. The van der Waals surface area contributed by atoms with Crippen LogP contribution in [-0.4, -0.2) is 19.8 Å². The molecule has 0 radical (unpaired) electrons. The van der Waals surface area contributed by atoms with Gasteiger partial charge in [-0.25, -0.2) is 0 Å². The number of aromatic nitrogens is 4. The molecule has 4 aromatic rings. The SMILES string of the molecule is Cc1ccccc1-c1nnc2sc(-c3ccc(Br)cc3)nn12. The first-order chi connectivity index (χ1) is 10.7. The quantitative estimate of drug-likeness (QED) is 0.518. The van der Waals surface area contributed by atoms with Crippen molar-refractivity contribution in [2.24, 2.45) is 0 Å². The van der Waals surface area contributed by atoms with Crippen molar-refractivity contribution in [3.8, 4) is 22.0 Å². The summed E-state index contributed by atoms with van der Waals surface area (Å²) < 4.78 is 2.88. The van der Waals surface area contributed by atoms with Crippen LogP contribution in [0.5, 0.6) is 0 Å². The summed E-state index contributed by atoms with van der Waals surface area (Å²) in [6.45, 7) is 2.07. The number of fused-ring (bicyclic) bond motifs is 1. The fourth-order valence-electron chi connectivity index (χ4n) is 2.32. The van der Waals surface area contributed by atoms with Gasteiger partial charge >= 0.3 is 0 Å². The van der Waals surface area contributed by atoms with E-state index >= 15 is 0 Å². The molecule has 0 atom stereocenters. The van der Waals surface area contributed by atoms with Gasteiger partial charge in [-0.1, -0.05) is 63.7 Å². The standard InChI is InChI=1S/C16H11BrN4S/c1-10-4-2-3-5-13(10)14-18-19-16-21(14)20-15(22-16)11-6-8-12(17)9-7-11/h2-9H,1H3.